The first-order chi connectivity index (χ1) is 4.61. The number of aryl methyl sites for hydroxylation is 2. The largest absolute Gasteiger partial charge is 0.393 e. The van der Waals surface area contributed by atoms with Gasteiger partial charge in [0, 0.05) is 0 Å². The SMILES string of the molecule is Cc1nc(C)c(N)c(=O)[nH]1. The summed E-state index contributed by atoms with van der Waals surface area (Å²) in [6.45, 7) is 3.42. The molecule has 4 nitrogen and oxygen atoms in total. The van der Waals surface area contributed by atoms with E-state index in [0.717, 1.165) is 0 Å². The molecule has 54 valence electrons. The zero-order chi connectivity index (χ0) is 7.72. The number of rotatable bonds is 0. The lowest BCUT2D eigenvalue weighted by Crippen LogP contribution is -2.16. The lowest BCUT2D eigenvalue weighted by Gasteiger charge is -1.97. The Bertz CT molecular complexity index is 302. The smallest absolute Gasteiger partial charge is 0.274 e. The quantitative estimate of drug-likeness (QED) is 0.530. The van der Waals surface area contributed by atoms with Gasteiger partial charge in [0.05, 0.1) is 5.69 Å². The molecule has 0 aliphatic heterocycles. The number of nitrogens with zero attached hydrogens (tertiary/aromatic N) is 1. The van der Waals surface area contributed by atoms with Crippen LogP contribution in [0.2, 0.25) is 0 Å². The number of H-pyrrole nitrogens is 1. The van der Waals surface area contributed by atoms with E-state index in [0.29, 0.717) is 11.5 Å². The fourth-order valence-corrected chi connectivity index (χ4v) is 0.736. The standard InChI is InChI=1S/C6H9N3O/c1-3-5(7)6(10)9-4(2)8-3/h7H2,1-2H3,(H,8,9,10). The first-order valence-corrected chi connectivity index (χ1v) is 2.94. The number of hydrogen-bond acceptors (Lipinski definition) is 3. The van der Waals surface area contributed by atoms with Gasteiger partial charge in [-0.1, -0.05) is 0 Å². The molecule has 0 atom stereocenters. The van der Waals surface area contributed by atoms with Crippen LogP contribution in [0.3, 0.4) is 0 Å². The molecule has 0 bridgehead atoms. The van der Waals surface area contributed by atoms with Crippen molar-refractivity contribution in [3.8, 4) is 0 Å². The second-order valence-corrected chi connectivity index (χ2v) is 2.15. The Labute approximate surface area is 58.1 Å². The van der Waals surface area contributed by atoms with Gasteiger partial charge in [0.1, 0.15) is 11.5 Å². The molecule has 0 saturated carbocycles. The van der Waals surface area contributed by atoms with Crippen LogP contribution in [-0.2, 0) is 0 Å². The number of nitrogens with one attached hydrogen (secondary N) is 1. The second kappa shape index (κ2) is 2.13. The lowest BCUT2D eigenvalue weighted by atomic mass is 10.4. The molecule has 0 aliphatic rings. The van der Waals surface area contributed by atoms with Crippen molar-refractivity contribution in [3.05, 3.63) is 21.9 Å². The number of hydrogen-bond donors (Lipinski definition) is 2. The van der Waals surface area contributed by atoms with E-state index in [9.17, 15) is 4.79 Å². The van der Waals surface area contributed by atoms with Crippen LogP contribution in [0.1, 0.15) is 11.5 Å². The fraction of sp³-hybridized carbons (Fsp3) is 0.333. The van der Waals surface area contributed by atoms with Crippen LogP contribution in [0.4, 0.5) is 5.69 Å². The summed E-state index contributed by atoms with van der Waals surface area (Å²) in [7, 11) is 0. The summed E-state index contributed by atoms with van der Waals surface area (Å²) in [5, 5.41) is 0. The highest BCUT2D eigenvalue weighted by Gasteiger charge is 1.99. The normalized spacial score (nSPS) is 9.80. The molecule has 0 aromatic carbocycles. The topological polar surface area (TPSA) is 71.8 Å². The molecule has 0 fully saturated rings. The third-order valence-electron chi connectivity index (χ3n) is 1.26. The van der Waals surface area contributed by atoms with Crippen molar-refractivity contribution in [1.29, 1.82) is 0 Å². The zero-order valence-electron chi connectivity index (χ0n) is 5.93. The average Bonchev–Trinajstić information content (AvgIpc) is 1.82. The number of nitrogen functional groups attached to an aromatic ring is 1. The predicted octanol–water partition coefficient (Wildman–Crippen LogP) is -0.0311. The third kappa shape index (κ3) is 1.00. The van der Waals surface area contributed by atoms with E-state index < -0.39 is 0 Å². The van der Waals surface area contributed by atoms with Crippen molar-refractivity contribution >= 4 is 5.69 Å². The summed E-state index contributed by atoms with van der Waals surface area (Å²) in [4.78, 5) is 17.3. The van der Waals surface area contributed by atoms with Crippen LogP contribution < -0.4 is 11.3 Å². The van der Waals surface area contributed by atoms with Gasteiger partial charge in [-0.25, -0.2) is 4.98 Å². The van der Waals surface area contributed by atoms with Crippen LogP contribution in [0.5, 0.6) is 0 Å². The van der Waals surface area contributed by atoms with Crippen LogP contribution in [0, 0.1) is 13.8 Å². The molecular weight excluding hydrogens is 130 g/mol. The molecule has 3 N–H and O–H groups in total. The van der Waals surface area contributed by atoms with Gasteiger partial charge in [-0.05, 0) is 13.8 Å². The maximum Gasteiger partial charge on any atom is 0.274 e. The molecule has 1 rings (SSSR count). The molecule has 0 unspecified atom stereocenters. The molecule has 1 aromatic rings. The van der Waals surface area contributed by atoms with Gasteiger partial charge >= 0.3 is 0 Å². The van der Waals surface area contributed by atoms with Crippen LogP contribution in [0.15, 0.2) is 4.79 Å². The zero-order valence-corrected chi connectivity index (χ0v) is 5.93. The Kier molecular flexibility index (Phi) is 1.45. The second-order valence-electron chi connectivity index (χ2n) is 2.15. The minimum atomic E-state index is -0.259. The Morgan fingerprint density at radius 3 is 2.60 bits per heavy atom. The van der Waals surface area contributed by atoms with Crippen LogP contribution in [0.25, 0.3) is 0 Å². The highest BCUT2D eigenvalue weighted by Crippen LogP contribution is 1.97. The Morgan fingerprint density at radius 2 is 2.10 bits per heavy atom. The van der Waals surface area contributed by atoms with Gasteiger partial charge in [-0.2, -0.15) is 0 Å². The van der Waals surface area contributed by atoms with Gasteiger partial charge in [0.25, 0.3) is 5.56 Å². The first-order valence-electron chi connectivity index (χ1n) is 2.94. The fourth-order valence-electron chi connectivity index (χ4n) is 0.736. The lowest BCUT2D eigenvalue weighted by molar-refractivity contribution is 0.988. The Morgan fingerprint density at radius 1 is 1.50 bits per heavy atom. The molecule has 0 amide bonds. The number of anilines is 1. The predicted molar refractivity (Wildman–Crippen MR) is 38.7 cm³/mol. The van der Waals surface area contributed by atoms with E-state index in [1.807, 2.05) is 0 Å². The summed E-state index contributed by atoms with van der Waals surface area (Å²) < 4.78 is 0. The third-order valence-corrected chi connectivity index (χ3v) is 1.26. The monoisotopic (exact) mass is 139 g/mol. The molecule has 0 radical (unpaired) electrons. The number of aromatic amines is 1. The minimum absolute atomic E-state index is 0.200. The van der Waals surface area contributed by atoms with Crippen molar-refractivity contribution in [2.75, 3.05) is 5.73 Å². The molecular formula is C6H9N3O. The van der Waals surface area contributed by atoms with Crippen molar-refractivity contribution in [1.82, 2.24) is 9.97 Å². The molecule has 1 heterocycles. The van der Waals surface area contributed by atoms with Gasteiger partial charge < -0.3 is 10.7 Å². The number of aromatic nitrogens is 2. The van der Waals surface area contributed by atoms with E-state index in [1.54, 1.807) is 13.8 Å². The van der Waals surface area contributed by atoms with Gasteiger partial charge in [-0.15, -0.1) is 0 Å². The summed E-state index contributed by atoms with van der Waals surface area (Å²) in [5.41, 5.74) is 5.87. The van der Waals surface area contributed by atoms with Crippen molar-refractivity contribution in [2.24, 2.45) is 0 Å². The minimum Gasteiger partial charge on any atom is -0.393 e. The van der Waals surface area contributed by atoms with E-state index in [1.165, 1.54) is 0 Å². The van der Waals surface area contributed by atoms with E-state index in [4.69, 9.17) is 5.73 Å². The molecule has 0 aliphatic carbocycles. The summed E-state index contributed by atoms with van der Waals surface area (Å²) in [6, 6.07) is 0. The van der Waals surface area contributed by atoms with Crippen molar-refractivity contribution in [2.45, 2.75) is 13.8 Å². The highest BCUT2D eigenvalue weighted by molar-refractivity contribution is 5.38. The summed E-state index contributed by atoms with van der Waals surface area (Å²) in [5.74, 6) is 0.594. The van der Waals surface area contributed by atoms with Crippen molar-refractivity contribution in [3.63, 3.8) is 0 Å². The molecule has 0 saturated heterocycles. The van der Waals surface area contributed by atoms with Crippen molar-refractivity contribution < 1.29 is 0 Å². The maximum atomic E-state index is 10.8. The molecule has 0 spiro atoms. The van der Waals surface area contributed by atoms with Crippen LogP contribution >= 0.6 is 0 Å². The molecule has 10 heavy (non-hydrogen) atoms. The van der Waals surface area contributed by atoms with Gasteiger partial charge in [-0.3, -0.25) is 4.79 Å². The van der Waals surface area contributed by atoms with E-state index in [2.05, 4.69) is 9.97 Å². The number of nitrogens with two attached hydrogens (primary N) is 1. The maximum absolute atomic E-state index is 10.8. The Balaban J connectivity index is 3.46. The average molecular weight is 139 g/mol. The highest BCUT2D eigenvalue weighted by atomic mass is 16.1. The summed E-state index contributed by atoms with van der Waals surface area (Å²) in [6.07, 6.45) is 0. The van der Waals surface area contributed by atoms with Gasteiger partial charge in [0.15, 0.2) is 0 Å². The van der Waals surface area contributed by atoms with E-state index in [-0.39, 0.29) is 11.2 Å². The van der Waals surface area contributed by atoms with Gasteiger partial charge in [0.2, 0.25) is 0 Å². The first kappa shape index (κ1) is 6.80. The summed E-state index contributed by atoms with van der Waals surface area (Å²) >= 11 is 0. The van der Waals surface area contributed by atoms with Crippen LogP contribution in [-0.4, -0.2) is 9.97 Å². The Hall–Kier alpha value is -1.32. The van der Waals surface area contributed by atoms with E-state index >= 15 is 0 Å². The molecule has 4 heteroatoms. The molecule has 1 aromatic heterocycles.